The summed E-state index contributed by atoms with van der Waals surface area (Å²) < 4.78 is 22.2. The Labute approximate surface area is 240 Å². The minimum absolute atomic E-state index is 0.0857. The highest BCUT2D eigenvalue weighted by Crippen LogP contribution is 2.12. The Morgan fingerprint density at radius 2 is 1.12 bits per heavy atom. The van der Waals surface area contributed by atoms with Gasteiger partial charge in [0.1, 0.15) is 24.7 Å². The van der Waals surface area contributed by atoms with Gasteiger partial charge >= 0.3 is 0 Å². The fourth-order valence-electron chi connectivity index (χ4n) is 3.11. The number of terminal acetylenes is 2. The van der Waals surface area contributed by atoms with Gasteiger partial charge in [0.15, 0.2) is 0 Å². The Bertz CT molecular complexity index is 1200. The Morgan fingerprint density at radius 1 is 0.700 bits per heavy atom. The van der Waals surface area contributed by atoms with Crippen molar-refractivity contribution >= 4 is 30.9 Å². The number of ether oxygens (including phenoxy) is 4. The minimum Gasteiger partial charge on any atom is -0.479 e. The molecule has 0 amide bonds. The quantitative estimate of drug-likeness (QED) is 0.145. The van der Waals surface area contributed by atoms with Crippen LogP contribution in [0.2, 0.25) is 0 Å². The van der Waals surface area contributed by atoms with Crippen molar-refractivity contribution in [2.45, 2.75) is 24.8 Å². The fourth-order valence-corrected chi connectivity index (χ4v) is 3.56. The number of nitrogens with zero attached hydrogens (tertiary/aromatic N) is 4. The molecule has 0 fully saturated rings. The molecular weight excluding hydrogens is 542 g/mol. The second-order valence-corrected chi connectivity index (χ2v) is 9.90. The molecule has 3 rings (SSSR count). The van der Waals surface area contributed by atoms with Crippen molar-refractivity contribution in [3.05, 3.63) is 83.4 Å². The Kier molecular flexibility index (Phi) is 13.8. The molecule has 2 heterocycles. The van der Waals surface area contributed by atoms with Gasteiger partial charge in [-0.1, -0.05) is 36.1 Å². The molecule has 1 aromatic carbocycles. The van der Waals surface area contributed by atoms with Crippen molar-refractivity contribution in [1.29, 1.82) is 0 Å². The number of pyridine rings is 2. The molecule has 2 unspecified atom stereocenters. The molecule has 2 aromatic heterocycles. The van der Waals surface area contributed by atoms with E-state index in [1.165, 1.54) is 0 Å². The molecule has 0 bridgehead atoms. The molecule has 0 aliphatic carbocycles. The van der Waals surface area contributed by atoms with E-state index < -0.39 is 0 Å². The van der Waals surface area contributed by atoms with Crippen LogP contribution in [0, 0.1) is 24.7 Å². The van der Waals surface area contributed by atoms with E-state index in [1.54, 1.807) is 37.0 Å². The van der Waals surface area contributed by atoms with Crippen LogP contribution in [0.15, 0.2) is 70.9 Å². The average molecular weight is 575 g/mol. The first-order chi connectivity index (χ1) is 19.6. The fraction of sp³-hybridized carbons (Fsp3) is 0.267. The maximum absolute atomic E-state index is 5.81. The van der Waals surface area contributed by atoms with Gasteiger partial charge in [-0.3, -0.25) is 20.0 Å². The summed E-state index contributed by atoms with van der Waals surface area (Å²) in [6.07, 6.45) is 17.0. The van der Waals surface area contributed by atoms with E-state index in [-0.39, 0.29) is 24.8 Å². The van der Waals surface area contributed by atoms with Gasteiger partial charge in [-0.05, 0) is 35.4 Å². The van der Waals surface area contributed by atoms with Crippen LogP contribution >= 0.6 is 18.5 Å². The number of aromatic nitrogens is 2. The van der Waals surface area contributed by atoms with Crippen LogP contribution < -0.4 is 9.47 Å². The van der Waals surface area contributed by atoms with E-state index in [1.807, 2.05) is 36.4 Å². The molecule has 4 atom stereocenters. The zero-order valence-electron chi connectivity index (χ0n) is 22.1. The third-order valence-electron chi connectivity index (χ3n) is 5.10. The summed E-state index contributed by atoms with van der Waals surface area (Å²) in [4.78, 5) is 17.5. The Hall–Kier alpha value is -3.64. The third kappa shape index (κ3) is 12.0. The summed E-state index contributed by atoms with van der Waals surface area (Å²) in [5.74, 6) is 5.92. The highest BCUT2D eigenvalue weighted by atomic mass is 31.0. The largest absolute Gasteiger partial charge is 0.479 e. The number of benzene rings is 1. The number of rotatable bonds is 16. The lowest BCUT2D eigenvalue weighted by molar-refractivity contribution is 0.121. The van der Waals surface area contributed by atoms with Crippen LogP contribution in [-0.4, -0.2) is 60.4 Å². The van der Waals surface area contributed by atoms with Gasteiger partial charge in [0.05, 0.1) is 61.8 Å². The lowest BCUT2D eigenvalue weighted by atomic mass is 10.1. The van der Waals surface area contributed by atoms with Crippen molar-refractivity contribution in [3.8, 4) is 36.2 Å². The maximum atomic E-state index is 5.81. The van der Waals surface area contributed by atoms with E-state index >= 15 is 0 Å². The van der Waals surface area contributed by atoms with Gasteiger partial charge in [-0.25, -0.2) is 0 Å². The molecule has 40 heavy (non-hydrogen) atoms. The lowest BCUT2D eigenvalue weighted by Gasteiger charge is -2.10. The van der Waals surface area contributed by atoms with Crippen LogP contribution in [0.1, 0.15) is 22.5 Å². The van der Waals surface area contributed by atoms with Crippen molar-refractivity contribution in [2.75, 3.05) is 26.4 Å². The molecule has 8 nitrogen and oxygen atoms in total. The number of hydrogen-bond acceptors (Lipinski definition) is 8. The SMILES string of the molecule is C#CCOc1ccc(/C=N/[C@H](P)COCc2ccc(COC[C@@H](P)/N=C/c3ccc(OCC#C)cn3)cc2)nc1. The summed E-state index contributed by atoms with van der Waals surface area (Å²) in [5.41, 5.74) is 3.61. The standard InChI is InChI=1S/C30H32N4O4P2/c1-3-13-37-27-11-9-25(31-17-27)15-33-29(39)21-35-19-23-5-7-24(8-6-23)20-36-22-30(40)34-16-26-10-12-28(18-32-26)38-14-4-2/h1-2,5-12,15-18,29-30H,13-14,19-22,39-40H2/b33-15+,34-16+/t29-,30-/m1/s1. The van der Waals surface area contributed by atoms with Crippen molar-refractivity contribution in [2.24, 2.45) is 9.98 Å². The van der Waals surface area contributed by atoms with Crippen LogP contribution in [0.5, 0.6) is 11.5 Å². The molecule has 206 valence electrons. The van der Waals surface area contributed by atoms with Gasteiger partial charge in [-0.2, -0.15) is 0 Å². The maximum Gasteiger partial charge on any atom is 0.148 e. The van der Waals surface area contributed by atoms with Gasteiger partial charge in [-0.15, -0.1) is 31.3 Å². The van der Waals surface area contributed by atoms with E-state index in [0.717, 1.165) is 22.5 Å². The highest BCUT2D eigenvalue weighted by molar-refractivity contribution is 7.17. The lowest BCUT2D eigenvalue weighted by Crippen LogP contribution is -2.07. The van der Waals surface area contributed by atoms with Gasteiger partial charge in [0.25, 0.3) is 0 Å². The van der Waals surface area contributed by atoms with E-state index in [4.69, 9.17) is 31.8 Å². The predicted octanol–water partition coefficient (Wildman–Crippen LogP) is 4.17. The first-order valence-electron chi connectivity index (χ1n) is 12.4. The Balaban J connectivity index is 1.31. The summed E-state index contributed by atoms with van der Waals surface area (Å²) in [6.45, 7) is 2.34. The monoisotopic (exact) mass is 574 g/mol. The molecule has 0 saturated heterocycles. The first-order valence-corrected chi connectivity index (χ1v) is 13.7. The molecule has 0 radical (unpaired) electrons. The molecule has 10 heteroatoms. The minimum atomic E-state index is -0.0857. The normalized spacial score (nSPS) is 12.6. The highest BCUT2D eigenvalue weighted by Gasteiger charge is 2.03. The van der Waals surface area contributed by atoms with E-state index in [0.29, 0.717) is 37.9 Å². The van der Waals surface area contributed by atoms with Crippen LogP contribution in [0.3, 0.4) is 0 Å². The second kappa shape index (κ2) is 17.9. The predicted molar refractivity (Wildman–Crippen MR) is 165 cm³/mol. The van der Waals surface area contributed by atoms with Gasteiger partial charge < -0.3 is 18.9 Å². The Morgan fingerprint density at radius 3 is 1.48 bits per heavy atom. The summed E-state index contributed by atoms with van der Waals surface area (Å²) in [5, 5.41) is 0. The summed E-state index contributed by atoms with van der Waals surface area (Å²) in [6, 6.07) is 15.4. The van der Waals surface area contributed by atoms with Crippen molar-refractivity contribution in [1.82, 2.24) is 9.97 Å². The molecule has 0 N–H and O–H groups in total. The van der Waals surface area contributed by atoms with Crippen molar-refractivity contribution in [3.63, 3.8) is 0 Å². The molecule has 0 aliphatic heterocycles. The van der Waals surface area contributed by atoms with Crippen LogP contribution in [-0.2, 0) is 22.7 Å². The molecule has 0 aliphatic rings. The zero-order valence-corrected chi connectivity index (χ0v) is 24.4. The topological polar surface area (TPSA) is 87.4 Å². The third-order valence-corrected chi connectivity index (χ3v) is 5.83. The van der Waals surface area contributed by atoms with Crippen molar-refractivity contribution < 1.29 is 18.9 Å². The summed E-state index contributed by atoms with van der Waals surface area (Å²) >= 11 is 0. The van der Waals surface area contributed by atoms with Gasteiger partial charge in [0, 0.05) is 12.4 Å². The number of hydrogen-bond donors (Lipinski definition) is 0. The second-order valence-electron chi connectivity index (χ2n) is 8.36. The van der Waals surface area contributed by atoms with E-state index in [2.05, 4.69) is 50.3 Å². The van der Waals surface area contributed by atoms with Crippen LogP contribution in [0.4, 0.5) is 0 Å². The molecule has 0 saturated carbocycles. The molecule has 0 spiro atoms. The van der Waals surface area contributed by atoms with E-state index in [9.17, 15) is 0 Å². The smallest absolute Gasteiger partial charge is 0.148 e. The summed E-state index contributed by atoms with van der Waals surface area (Å²) in [7, 11) is 5.33. The molecular formula is C30H32N4O4P2. The first kappa shape index (κ1) is 30.9. The van der Waals surface area contributed by atoms with Gasteiger partial charge in [0.2, 0.25) is 0 Å². The molecule has 3 aromatic rings. The zero-order chi connectivity index (χ0) is 28.4. The average Bonchev–Trinajstić information content (AvgIpc) is 2.98. The number of aliphatic imine (C=N–C) groups is 2. The van der Waals surface area contributed by atoms with Crippen LogP contribution in [0.25, 0.3) is 0 Å².